The van der Waals surface area contributed by atoms with Crippen LogP contribution in [0, 0.1) is 0 Å². The standard InChI is InChI=1S/C29H32N4O3S/c1-17(2)19-5-7-20(8-6-19)27-26(28(35)32-22-11-13-24(36-4)14-12-22)18(3)30-29-33(27)23(16-37-29)15-25(34)31-21-9-10-21/h5-8,11-14,16-17,21,27H,9-10,15H2,1-4H3,(H,31,34)(H,32,35)/t27-/m0/s1. The Bertz CT molecular complexity index is 1290. The molecule has 2 aromatic rings. The summed E-state index contributed by atoms with van der Waals surface area (Å²) in [5.41, 5.74) is 4.96. The molecule has 2 amide bonds. The fourth-order valence-corrected chi connectivity index (χ4v) is 5.55. The number of aliphatic imine (C=N–C) groups is 1. The molecule has 0 saturated heterocycles. The molecule has 3 aliphatic rings. The SMILES string of the molecule is COc1ccc(NC(=O)C2=C(C)N=C3SC=C(CC(=O)NC4CC4)N3[C@H]2c2ccc(C(C)C)cc2)cc1. The number of methoxy groups -OCH3 is 1. The summed E-state index contributed by atoms with van der Waals surface area (Å²) in [6.45, 7) is 6.20. The van der Waals surface area contributed by atoms with Crippen molar-refractivity contribution in [3.05, 3.63) is 82.0 Å². The van der Waals surface area contributed by atoms with Gasteiger partial charge in [-0.25, -0.2) is 4.99 Å². The quantitative estimate of drug-likeness (QED) is 0.470. The molecule has 0 bridgehead atoms. The molecule has 1 aliphatic carbocycles. The predicted molar refractivity (Wildman–Crippen MR) is 148 cm³/mol. The van der Waals surface area contributed by atoms with Crippen LogP contribution >= 0.6 is 11.8 Å². The lowest BCUT2D eigenvalue weighted by Crippen LogP contribution is -2.39. The van der Waals surface area contributed by atoms with Crippen molar-refractivity contribution in [3.63, 3.8) is 0 Å². The molecular formula is C29H32N4O3S. The van der Waals surface area contributed by atoms with Gasteiger partial charge in [-0.15, -0.1) is 0 Å². The number of anilines is 1. The number of allylic oxidation sites excluding steroid dienone is 1. The third-order valence-electron chi connectivity index (χ3n) is 6.80. The number of benzene rings is 2. The lowest BCUT2D eigenvalue weighted by atomic mass is 9.91. The van der Waals surface area contributed by atoms with Crippen LogP contribution in [-0.4, -0.2) is 35.0 Å². The normalized spacial score (nSPS) is 18.8. The van der Waals surface area contributed by atoms with Gasteiger partial charge in [-0.1, -0.05) is 49.9 Å². The summed E-state index contributed by atoms with van der Waals surface area (Å²) in [7, 11) is 1.61. The minimum absolute atomic E-state index is 0.0000140. The number of fused-ring (bicyclic) bond motifs is 1. The summed E-state index contributed by atoms with van der Waals surface area (Å²) >= 11 is 1.50. The van der Waals surface area contributed by atoms with Gasteiger partial charge in [0.1, 0.15) is 5.75 Å². The molecule has 2 N–H and O–H groups in total. The highest BCUT2D eigenvalue weighted by atomic mass is 32.2. The smallest absolute Gasteiger partial charge is 0.255 e. The van der Waals surface area contributed by atoms with E-state index in [1.165, 1.54) is 17.3 Å². The monoisotopic (exact) mass is 516 g/mol. The fraction of sp³-hybridized carbons (Fsp3) is 0.345. The molecule has 1 fully saturated rings. The second-order valence-corrected chi connectivity index (χ2v) is 10.8. The van der Waals surface area contributed by atoms with Gasteiger partial charge < -0.3 is 20.3 Å². The summed E-state index contributed by atoms with van der Waals surface area (Å²) in [5.74, 6) is 0.899. The van der Waals surface area contributed by atoms with E-state index in [0.717, 1.165) is 35.0 Å². The van der Waals surface area contributed by atoms with Crippen molar-refractivity contribution < 1.29 is 14.3 Å². The third-order valence-corrected chi connectivity index (χ3v) is 7.68. The van der Waals surface area contributed by atoms with Gasteiger partial charge >= 0.3 is 0 Å². The summed E-state index contributed by atoms with van der Waals surface area (Å²) in [5, 5.41) is 8.88. The number of amides is 2. The zero-order chi connectivity index (χ0) is 26.1. The largest absolute Gasteiger partial charge is 0.497 e. The van der Waals surface area contributed by atoms with E-state index in [2.05, 4.69) is 53.6 Å². The van der Waals surface area contributed by atoms with Crippen LogP contribution in [0.2, 0.25) is 0 Å². The van der Waals surface area contributed by atoms with Crippen molar-refractivity contribution >= 4 is 34.4 Å². The molecule has 2 heterocycles. The van der Waals surface area contributed by atoms with Crippen molar-refractivity contribution in [1.82, 2.24) is 10.2 Å². The number of nitrogens with zero attached hydrogens (tertiary/aromatic N) is 2. The molecule has 7 nitrogen and oxygen atoms in total. The van der Waals surface area contributed by atoms with E-state index < -0.39 is 6.04 Å². The maximum absolute atomic E-state index is 13.8. The van der Waals surface area contributed by atoms with Crippen LogP contribution in [-0.2, 0) is 9.59 Å². The van der Waals surface area contributed by atoms with Gasteiger partial charge in [0.25, 0.3) is 5.91 Å². The topological polar surface area (TPSA) is 83.0 Å². The van der Waals surface area contributed by atoms with Crippen molar-refractivity contribution in [2.24, 2.45) is 4.99 Å². The summed E-state index contributed by atoms with van der Waals surface area (Å²) in [6, 6.07) is 15.6. The number of hydrogen-bond acceptors (Lipinski definition) is 6. The summed E-state index contributed by atoms with van der Waals surface area (Å²) in [4.78, 5) is 33.3. The number of carbonyl (C=O) groups is 2. The predicted octanol–water partition coefficient (Wildman–Crippen LogP) is 5.70. The molecule has 37 heavy (non-hydrogen) atoms. The van der Waals surface area contributed by atoms with Crippen molar-refractivity contribution in [3.8, 4) is 5.75 Å². The summed E-state index contributed by atoms with van der Waals surface area (Å²) in [6.07, 6.45) is 2.33. The average molecular weight is 517 g/mol. The molecule has 1 atom stereocenters. The van der Waals surface area contributed by atoms with Crippen LogP contribution < -0.4 is 15.4 Å². The highest BCUT2D eigenvalue weighted by molar-refractivity contribution is 8.16. The Morgan fingerprint density at radius 1 is 1.11 bits per heavy atom. The number of rotatable bonds is 8. The zero-order valence-electron chi connectivity index (χ0n) is 21.6. The highest BCUT2D eigenvalue weighted by Gasteiger charge is 2.40. The first-order chi connectivity index (χ1) is 17.8. The molecule has 2 aliphatic heterocycles. The molecule has 8 heteroatoms. The van der Waals surface area contributed by atoms with E-state index >= 15 is 0 Å². The molecular weight excluding hydrogens is 484 g/mol. The van der Waals surface area contributed by atoms with E-state index in [4.69, 9.17) is 9.73 Å². The second kappa shape index (κ2) is 10.5. The van der Waals surface area contributed by atoms with E-state index in [1.807, 2.05) is 36.6 Å². The Balaban J connectivity index is 1.49. The molecule has 0 aromatic heterocycles. The summed E-state index contributed by atoms with van der Waals surface area (Å²) < 4.78 is 5.24. The van der Waals surface area contributed by atoms with Gasteiger partial charge in [0.2, 0.25) is 5.91 Å². The van der Waals surface area contributed by atoms with Crippen molar-refractivity contribution in [2.45, 2.75) is 58.0 Å². The number of thioether (sulfide) groups is 1. The van der Waals surface area contributed by atoms with Gasteiger partial charge in [0.15, 0.2) is 5.17 Å². The van der Waals surface area contributed by atoms with Crippen LogP contribution in [0.15, 0.2) is 75.9 Å². The van der Waals surface area contributed by atoms with Crippen LogP contribution in [0.3, 0.4) is 0 Å². The van der Waals surface area contributed by atoms with Gasteiger partial charge in [0.05, 0.1) is 30.8 Å². The van der Waals surface area contributed by atoms with Gasteiger partial charge in [0, 0.05) is 17.4 Å². The Hall–Kier alpha value is -3.52. The maximum Gasteiger partial charge on any atom is 0.255 e. The molecule has 2 aromatic carbocycles. The van der Waals surface area contributed by atoms with E-state index in [-0.39, 0.29) is 18.2 Å². The number of carbonyl (C=O) groups excluding carboxylic acids is 2. The first-order valence-electron chi connectivity index (χ1n) is 12.6. The molecule has 192 valence electrons. The second-order valence-electron chi connectivity index (χ2n) is 9.92. The van der Waals surface area contributed by atoms with Gasteiger partial charge in [-0.3, -0.25) is 9.59 Å². The first kappa shape index (κ1) is 25.1. The molecule has 5 rings (SSSR count). The van der Waals surface area contributed by atoms with Gasteiger partial charge in [-0.2, -0.15) is 0 Å². The average Bonchev–Trinajstić information content (AvgIpc) is 3.62. The number of nitrogens with one attached hydrogen (secondary N) is 2. The number of amidine groups is 1. The van der Waals surface area contributed by atoms with E-state index in [1.54, 1.807) is 7.11 Å². The Labute approximate surface area is 222 Å². The maximum atomic E-state index is 13.8. The van der Waals surface area contributed by atoms with Crippen molar-refractivity contribution in [1.29, 1.82) is 0 Å². The lowest BCUT2D eigenvalue weighted by molar-refractivity contribution is -0.120. The van der Waals surface area contributed by atoms with Crippen LogP contribution in [0.25, 0.3) is 0 Å². The zero-order valence-corrected chi connectivity index (χ0v) is 22.4. The first-order valence-corrected chi connectivity index (χ1v) is 13.5. The molecule has 0 unspecified atom stereocenters. The third kappa shape index (κ3) is 5.44. The van der Waals surface area contributed by atoms with E-state index in [9.17, 15) is 9.59 Å². The molecule has 0 spiro atoms. The Morgan fingerprint density at radius 2 is 1.81 bits per heavy atom. The Kier molecular flexibility index (Phi) is 7.11. The molecule has 1 saturated carbocycles. The van der Waals surface area contributed by atoms with Crippen LogP contribution in [0.5, 0.6) is 5.75 Å². The lowest BCUT2D eigenvalue weighted by Gasteiger charge is -2.36. The van der Waals surface area contributed by atoms with Crippen LogP contribution in [0.4, 0.5) is 5.69 Å². The minimum atomic E-state index is -0.401. The number of hydrogen-bond donors (Lipinski definition) is 2. The Morgan fingerprint density at radius 3 is 2.43 bits per heavy atom. The highest BCUT2D eigenvalue weighted by Crippen LogP contribution is 2.45. The minimum Gasteiger partial charge on any atom is -0.497 e. The van der Waals surface area contributed by atoms with Crippen LogP contribution in [0.1, 0.15) is 63.1 Å². The van der Waals surface area contributed by atoms with E-state index in [0.29, 0.717) is 28.9 Å². The fourth-order valence-electron chi connectivity index (χ4n) is 4.58. The number of ether oxygens (including phenoxy) is 1. The van der Waals surface area contributed by atoms with Gasteiger partial charge in [-0.05, 0) is 66.5 Å². The molecule has 0 radical (unpaired) electrons. The van der Waals surface area contributed by atoms with Crippen molar-refractivity contribution in [2.75, 3.05) is 12.4 Å².